The van der Waals surface area contributed by atoms with Gasteiger partial charge in [-0.05, 0) is 41.4 Å². The van der Waals surface area contributed by atoms with Gasteiger partial charge in [0.25, 0.3) is 5.56 Å². The van der Waals surface area contributed by atoms with Gasteiger partial charge in [0.2, 0.25) is 0 Å². The number of rotatable bonds is 2. The number of hydrogen-bond donors (Lipinski definition) is 0. The molecule has 0 radical (unpaired) electrons. The van der Waals surface area contributed by atoms with Gasteiger partial charge < -0.3 is 4.74 Å². The fraction of sp³-hybridized carbons (Fsp3) is 0.667. The first-order valence-corrected chi connectivity index (χ1v) is 7.16. The predicted octanol–water partition coefficient (Wildman–Crippen LogP) is 1.49. The molecule has 1 fully saturated rings. The van der Waals surface area contributed by atoms with Crippen LogP contribution in [0.1, 0.15) is 32.9 Å². The van der Waals surface area contributed by atoms with E-state index in [9.17, 15) is 9.59 Å². The van der Waals surface area contributed by atoms with Crippen LogP contribution in [0.25, 0.3) is 0 Å². The van der Waals surface area contributed by atoms with Crippen molar-refractivity contribution in [3.63, 3.8) is 0 Å². The van der Waals surface area contributed by atoms with E-state index in [1.165, 1.54) is 11.6 Å². The zero-order valence-electron chi connectivity index (χ0n) is 10.7. The monoisotopic (exact) mass is 364 g/mol. The minimum absolute atomic E-state index is 0.191. The first kappa shape index (κ1) is 13.8. The van der Waals surface area contributed by atoms with Crippen molar-refractivity contribution in [3.05, 3.63) is 30.6 Å². The van der Waals surface area contributed by atoms with Crippen molar-refractivity contribution >= 4 is 22.6 Å². The lowest BCUT2D eigenvalue weighted by molar-refractivity contribution is -0.00832. The summed E-state index contributed by atoms with van der Waals surface area (Å²) in [6.07, 6.45) is 3.29. The molecular formula is C12H17IN2O3. The van der Waals surface area contributed by atoms with E-state index >= 15 is 0 Å². The lowest BCUT2D eigenvalue weighted by Gasteiger charge is -2.16. The fourth-order valence-electron chi connectivity index (χ4n) is 2.40. The van der Waals surface area contributed by atoms with Crippen LogP contribution in [0.2, 0.25) is 0 Å². The van der Waals surface area contributed by atoms with Crippen LogP contribution in [-0.2, 0) is 11.8 Å². The van der Waals surface area contributed by atoms with Crippen molar-refractivity contribution in [2.24, 2.45) is 13.0 Å². The minimum atomic E-state index is -0.311. The maximum atomic E-state index is 12.1. The Morgan fingerprint density at radius 2 is 2.17 bits per heavy atom. The zero-order chi connectivity index (χ0) is 13.4. The van der Waals surface area contributed by atoms with E-state index in [0.29, 0.717) is 9.49 Å². The van der Waals surface area contributed by atoms with Gasteiger partial charge in [0.1, 0.15) is 6.23 Å². The Labute approximate surface area is 119 Å². The summed E-state index contributed by atoms with van der Waals surface area (Å²) in [5.41, 5.74) is -0.565. The van der Waals surface area contributed by atoms with Crippen molar-refractivity contribution in [2.75, 3.05) is 0 Å². The van der Waals surface area contributed by atoms with E-state index in [2.05, 4.69) is 13.8 Å². The topological polar surface area (TPSA) is 53.2 Å². The summed E-state index contributed by atoms with van der Waals surface area (Å²) < 4.78 is 9.09. The van der Waals surface area contributed by atoms with E-state index < -0.39 is 0 Å². The largest absolute Gasteiger partial charge is 0.354 e. The summed E-state index contributed by atoms with van der Waals surface area (Å²) in [5.74, 6) is 0.432. The second-order valence-electron chi connectivity index (χ2n) is 4.78. The number of nitrogens with zero attached hydrogens (tertiary/aromatic N) is 2. The third-order valence-corrected chi connectivity index (χ3v) is 4.26. The van der Waals surface area contributed by atoms with Crippen molar-refractivity contribution in [2.45, 2.75) is 39.0 Å². The molecule has 2 heterocycles. The lowest BCUT2D eigenvalue weighted by atomic mass is 10.0. The van der Waals surface area contributed by atoms with Gasteiger partial charge in [-0.3, -0.25) is 13.9 Å². The van der Waals surface area contributed by atoms with Crippen LogP contribution < -0.4 is 11.2 Å². The highest BCUT2D eigenvalue weighted by molar-refractivity contribution is 14.1. The summed E-state index contributed by atoms with van der Waals surface area (Å²) in [6.45, 7) is 4.21. The summed E-state index contributed by atoms with van der Waals surface area (Å²) in [6, 6.07) is 0. The highest BCUT2D eigenvalue weighted by Crippen LogP contribution is 2.33. The van der Waals surface area contributed by atoms with Gasteiger partial charge in [-0.2, -0.15) is 0 Å². The van der Waals surface area contributed by atoms with Gasteiger partial charge in [0.05, 0.1) is 9.67 Å². The summed E-state index contributed by atoms with van der Waals surface area (Å²) >= 11 is 1.95. The molecule has 0 N–H and O–H groups in total. The van der Waals surface area contributed by atoms with Crippen LogP contribution in [0.15, 0.2) is 15.8 Å². The van der Waals surface area contributed by atoms with E-state index in [4.69, 9.17) is 4.74 Å². The molecule has 100 valence electrons. The molecule has 0 amide bonds. The van der Waals surface area contributed by atoms with Gasteiger partial charge >= 0.3 is 5.69 Å². The molecule has 1 saturated heterocycles. The highest BCUT2D eigenvalue weighted by atomic mass is 127. The van der Waals surface area contributed by atoms with E-state index in [0.717, 1.165) is 17.4 Å². The average Bonchev–Trinajstić information content (AvgIpc) is 2.72. The molecule has 3 unspecified atom stereocenters. The standard InChI is InChI=1S/C12H17IN2O3/c1-4-9-7(2)5-10(18-9)15-6-8(13)11(16)14(3)12(15)17/h6-7,9-10H,4-5H2,1-3H3. The molecule has 3 atom stereocenters. The highest BCUT2D eigenvalue weighted by Gasteiger charge is 2.32. The first-order chi connectivity index (χ1) is 8.45. The minimum Gasteiger partial charge on any atom is -0.354 e. The van der Waals surface area contributed by atoms with E-state index in [1.54, 1.807) is 6.20 Å². The molecule has 1 aromatic heterocycles. The molecular weight excluding hydrogens is 347 g/mol. The number of ether oxygens (including phenoxy) is 1. The molecule has 5 nitrogen and oxygen atoms in total. The van der Waals surface area contributed by atoms with Crippen LogP contribution in [0, 0.1) is 9.49 Å². The van der Waals surface area contributed by atoms with Crippen molar-refractivity contribution in [1.82, 2.24) is 9.13 Å². The van der Waals surface area contributed by atoms with Gasteiger partial charge in [0.15, 0.2) is 0 Å². The Morgan fingerprint density at radius 1 is 1.50 bits per heavy atom. The van der Waals surface area contributed by atoms with Crippen molar-refractivity contribution < 1.29 is 4.74 Å². The third-order valence-electron chi connectivity index (χ3n) is 3.52. The zero-order valence-corrected chi connectivity index (χ0v) is 12.9. The number of aromatic nitrogens is 2. The first-order valence-electron chi connectivity index (χ1n) is 6.08. The Hall–Kier alpha value is -0.630. The molecule has 0 aliphatic carbocycles. The maximum Gasteiger partial charge on any atom is 0.332 e. The van der Waals surface area contributed by atoms with E-state index in [-0.39, 0.29) is 23.6 Å². The Morgan fingerprint density at radius 3 is 2.72 bits per heavy atom. The molecule has 6 heteroatoms. The van der Waals surface area contributed by atoms with Crippen molar-refractivity contribution in [3.8, 4) is 0 Å². The summed E-state index contributed by atoms with van der Waals surface area (Å²) in [4.78, 5) is 23.7. The van der Waals surface area contributed by atoms with E-state index in [1.807, 2.05) is 22.6 Å². The number of halogens is 1. The fourth-order valence-corrected chi connectivity index (χ4v) is 3.06. The van der Waals surface area contributed by atoms with Crippen LogP contribution in [0.3, 0.4) is 0 Å². The molecule has 1 aliphatic heterocycles. The normalized spacial score (nSPS) is 27.7. The Balaban J connectivity index is 2.42. The van der Waals surface area contributed by atoms with Crippen LogP contribution in [0.4, 0.5) is 0 Å². The SMILES string of the molecule is CCC1OC(n2cc(I)c(=O)n(C)c2=O)CC1C. The van der Waals surface area contributed by atoms with Gasteiger partial charge in [-0.1, -0.05) is 13.8 Å². The van der Waals surface area contributed by atoms with Crippen LogP contribution in [-0.4, -0.2) is 15.2 Å². The molecule has 0 aromatic carbocycles. The second-order valence-corrected chi connectivity index (χ2v) is 5.94. The Kier molecular flexibility index (Phi) is 3.96. The maximum absolute atomic E-state index is 12.1. The van der Waals surface area contributed by atoms with Crippen molar-refractivity contribution in [1.29, 1.82) is 0 Å². The van der Waals surface area contributed by atoms with Crippen LogP contribution >= 0.6 is 22.6 Å². The van der Waals surface area contributed by atoms with Gasteiger partial charge in [-0.15, -0.1) is 0 Å². The predicted molar refractivity (Wildman–Crippen MR) is 76.6 cm³/mol. The van der Waals surface area contributed by atoms with Crippen LogP contribution in [0.5, 0.6) is 0 Å². The summed E-state index contributed by atoms with van der Waals surface area (Å²) in [5, 5.41) is 0. The lowest BCUT2D eigenvalue weighted by Crippen LogP contribution is -2.40. The Bertz CT molecular complexity index is 563. The molecule has 1 aromatic rings. The average molecular weight is 364 g/mol. The third kappa shape index (κ3) is 2.27. The summed E-state index contributed by atoms with van der Waals surface area (Å²) in [7, 11) is 1.50. The quantitative estimate of drug-likeness (QED) is 0.748. The smallest absolute Gasteiger partial charge is 0.332 e. The molecule has 2 rings (SSSR count). The van der Waals surface area contributed by atoms with Gasteiger partial charge in [-0.25, -0.2) is 4.79 Å². The van der Waals surface area contributed by atoms with Gasteiger partial charge in [0, 0.05) is 13.2 Å². The second kappa shape index (κ2) is 5.16. The molecule has 0 bridgehead atoms. The molecule has 18 heavy (non-hydrogen) atoms. The molecule has 0 spiro atoms. The molecule has 0 saturated carbocycles. The number of hydrogen-bond acceptors (Lipinski definition) is 3. The molecule has 1 aliphatic rings.